The average molecular weight is 413 g/mol. The molecule has 2 amide bonds. The van der Waals surface area contributed by atoms with Gasteiger partial charge in [0.1, 0.15) is 0 Å². The summed E-state index contributed by atoms with van der Waals surface area (Å²) in [6, 6.07) is 10.2. The molecule has 2 aromatic rings. The Hall–Kier alpha value is -2.25. The van der Waals surface area contributed by atoms with Crippen LogP contribution < -0.4 is 0 Å². The number of fused-ring (bicyclic) bond motifs is 2. The Bertz CT molecular complexity index is 1130. The molecule has 2 fully saturated rings. The van der Waals surface area contributed by atoms with Crippen LogP contribution in [0.3, 0.4) is 0 Å². The predicted molar refractivity (Wildman–Crippen MR) is 107 cm³/mol. The van der Waals surface area contributed by atoms with E-state index in [9.17, 15) is 18.0 Å². The number of nitrogens with zero attached hydrogens (tertiary/aromatic N) is 1. The van der Waals surface area contributed by atoms with Crippen molar-refractivity contribution in [2.75, 3.05) is 0 Å². The molecular formula is C22H23NO5S. The van der Waals surface area contributed by atoms with Crippen LogP contribution in [-0.2, 0) is 14.4 Å². The van der Waals surface area contributed by atoms with Crippen molar-refractivity contribution in [2.45, 2.75) is 45.3 Å². The molecule has 0 radical (unpaired) electrons. The van der Waals surface area contributed by atoms with Crippen molar-refractivity contribution in [1.82, 2.24) is 5.06 Å². The number of benzene rings is 2. The minimum absolute atomic E-state index is 0.137. The summed E-state index contributed by atoms with van der Waals surface area (Å²) in [5.41, 5.74) is -0.0434. The number of imide groups is 1. The maximum absolute atomic E-state index is 13.3. The third kappa shape index (κ3) is 2.28. The van der Waals surface area contributed by atoms with Gasteiger partial charge in [-0.15, -0.1) is 9.35 Å². The lowest BCUT2D eigenvalue weighted by Gasteiger charge is -2.38. The van der Waals surface area contributed by atoms with Crippen LogP contribution >= 0.6 is 0 Å². The second-order valence-electron chi connectivity index (χ2n) is 9.28. The van der Waals surface area contributed by atoms with E-state index < -0.39 is 32.6 Å². The summed E-state index contributed by atoms with van der Waals surface area (Å²) in [5.74, 6) is -1.19. The van der Waals surface area contributed by atoms with Crippen molar-refractivity contribution in [3.05, 3.63) is 47.5 Å². The molecule has 0 aromatic heterocycles. The minimum Gasteiger partial charge on any atom is -0.266 e. The summed E-state index contributed by atoms with van der Waals surface area (Å²) in [7, 11) is -4.17. The van der Waals surface area contributed by atoms with E-state index in [4.69, 9.17) is 4.28 Å². The maximum atomic E-state index is 13.3. The monoisotopic (exact) mass is 413 g/mol. The summed E-state index contributed by atoms with van der Waals surface area (Å²) >= 11 is 0. The average Bonchev–Trinajstić information content (AvgIpc) is 3.03. The number of hydroxylamine groups is 2. The van der Waals surface area contributed by atoms with Gasteiger partial charge in [0, 0.05) is 5.39 Å². The first-order valence-corrected chi connectivity index (χ1v) is 11.4. The largest absolute Gasteiger partial charge is 0.292 e. The van der Waals surface area contributed by atoms with Gasteiger partial charge in [-0.05, 0) is 53.5 Å². The van der Waals surface area contributed by atoms with E-state index in [0.717, 1.165) is 18.2 Å². The zero-order chi connectivity index (χ0) is 20.8. The fourth-order valence-corrected chi connectivity index (χ4v) is 7.77. The molecule has 3 aliphatic rings. The van der Waals surface area contributed by atoms with Gasteiger partial charge in [-0.1, -0.05) is 45.0 Å². The molecular weight excluding hydrogens is 390 g/mol. The van der Waals surface area contributed by atoms with E-state index in [1.807, 2.05) is 19.1 Å². The molecule has 152 valence electrons. The Kier molecular flexibility index (Phi) is 3.67. The van der Waals surface area contributed by atoms with Gasteiger partial charge in [0.25, 0.3) is 21.9 Å². The van der Waals surface area contributed by atoms with Gasteiger partial charge in [-0.3, -0.25) is 9.59 Å². The van der Waals surface area contributed by atoms with Crippen LogP contribution in [-0.4, -0.2) is 30.5 Å². The van der Waals surface area contributed by atoms with Crippen LogP contribution in [0.2, 0.25) is 0 Å². The van der Waals surface area contributed by atoms with Crippen LogP contribution in [0.5, 0.6) is 0 Å². The molecule has 7 heteroatoms. The summed E-state index contributed by atoms with van der Waals surface area (Å²) in [4.78, 5) is 26.0. The molecule has 2 saturated carbocycles. The SMILES string of the molecule is CC1(C)C2CCC1(C)C(S(=O)(=O)ON1C(=O)c3cccc4cccc(c34)C1=O)C2. The zero-order valence-electron chi connectivity index (χ0n) is 16.6. The van der Waals surface area contributed by atoms with Crippen molar-refractivity contribution in [3.63, 3.8) is 0 Å². The van der Waals surface area contributed by atoms with Gasteiger partial charge >= 0.3 is 0 Å². The normalized spacial score (nSPS) is 30.4. The van der Waals surface area contributed by atoms with Crippen LogP contribution in [0.4, 0.5) is 0 Å². The lowest BCUT2D eigenvalue weighted by molar-refractivity contribution is -0.0178. The molecule has 1 heterocycles. The quantitative estimate of drug-likeness (QED) is 0.713. The fourth-order valence-electron chi connectivity index (χ4n) is 5.80. The van der Waals surface area contributed by atoms with E-state index in [1.165, 1.54) is 0 Å². The Balaban J connectivity index is 1.53. The number of hydrogen-bond acceptors (Lipinski definition) is 5. The number of carbonyl (C=O) groups excluding carboxylic acids is 2. The number of carbonyl (C=O) groups is 2. The second kappa shape index (κ2) is 5.67. The highest BCUT2D eigenvalue weighted by atomic mass is 32.2. The smallest absolute Gasteiger partial charge is 0.266 e. The summed E-state index contributed by atoms with van der Waals surface area (Å²) in [5, 5.41) is 0.994. The lowest BCUT2D eigenvalue weighted by Crippen LogP contribution is -2.47. The molecule has 3 atom stereocenters. The highest BCUT2D eigenvalue weighted by molar-refractivity contribution is 7.87. The van der Waals surface area contributed by atoms with E-state index >= 15 is 0 Å². The van der Waals surface area contributed by atoms with Crippen molar-refractivity contribution in [1.29, 1.82) is 0 Å². The van der Waals surface area contributed by atoms with E-state index in [2.05, 4.69) is 13.8 Å². The number of hydrogen-bond donors (Lipinski definition) is 0. The molecule has 2 aliphatic carbocycles. The molecule has 3 unspecified atom stereocenters. The Labute approximate surface area is 169 Å². The van der Waals surface area contributed by atoms with Crippen LogP contribution in [0.15, 0.2) is 36.4 Å². The first-order valence-electron chi connectivity index (χ1n) is 9.92. The van der Waals surface area contributed by atoms with E-state index in [1.54, 1.807) is 24.3 Å². The number of rotatable bonds is 3. The molecule has 29 heavy (non-hydrogen) atoms. The molecule has 1 aliphatic heterocycles. The number of amides is 2. The first kappa shape index (κ1) is 18.8. The highest BCUT2D eigenvalue weighted by Gasteiger charge is 2.65. The molecule has 0 saturated heterocycles. The van der Waals surface area contributed by atoms with Gasteiger partial charge in [-0.2, -0.15) is 8.42 Å². The second-order valence-corrected chi connectivity index (χ2v) is 11.0. The van der Waals surface area contributed by atoms with Crippen molar-refractivity contribution >= 4 is 32.7 Å². The Morgan fingerprint density at radius 2 is 1.59 bits per heavy atom. The predicted octanol–water partition coefficient (Wildman–Crippen LogP) is 3.91. The van der Waals surface area contributed by atoms with Crippen molar-refractivity contribution in [2.24, 2.45) is 16.7 Å². The lowest BCUT2D eigenvalue weighted by atomic mass is 9.71. The van der Waals surface area contributed by atoms with Crippen LogP contribution in [0, 0.1) is 16.7 Å². The molecule has 2 bridgehead atoms. The fraction of sp³-hybridized carbons (Fsp3) is 0.455. The van der Waals surface area contributed by atoms with Gasteiger partial charge in [0.05, 0.1) is 16.4 Å². The van der Waals surface area contributed by atoms with Crippen molar-refractivity contribution in [3.8, 4) is 0 Å². The Morgan fingerprint density at radius 1 is 1.00 bits per heavy atom. The standard InChI is InChI=1S/C22H23NO5S/c1-21(2)14-10-11-22(21,3)17(12-14)29(26,27)28-23-19(24)15-8-4-6-13-7-5-9-16(18(13)15)20(23)25/h4-9,14,17H,10-12H2,1-3H3. The molecule has 5 rings (SSSR count). The van der Waals surface area contributed by atoms with E-state index in [0.29, 0.717) is 16.9 Å². The molecule has 2 aromatic carbocycles. The van der Waals surface area contributed by atoms with Gasteiger partial charge in [0.15, 0.2) is 0 Å². The first-order chi connectivity index (χ1) is 13.6. The van der Waals surface area contributed by atoms with Gasteiger partial charge < -0.3 is 0 Å². The minimum atomic E-state index is -4.17. The third-order valence-corrected chi connectivity index (χ3v) is 9.74. The zero-order valence-corrected chi connectivity index (χ0v) is 17.5. The van der Waals surface area contributed by atoms with Gasteiger partial charge in [-0.25, -0.2) is 0 Å². The molecule has 0 N–H and O–H groups in total. The van der Waals surface area contributed by atoms with E-state index in [-0.39, 0.29) is 22.5 Å². The van der Waals surface area contributed by atoms with Crippen LogP contribution in [0.1, 0.15) is 60.7 Å². The maximum Gasteiger partial charge on any atom is 0.292 e. The van der Waals surface area contributed by atoms with Gasteiger partial charge in [0.2, 0.25) is 0 Å². The Morgan fingerprint density at radius 3 is 2.07 bits per heavy atom. The molecule has 6 nitrogen and oxygen atoms in total. The summed E-state index contributed by atoms with van der Waals surface area (Å²) in [6.45, 7) is 6.20. The van der Waals surface area contributed by atoms with Crippen LogP contribution in [0.25, 0.3) is 10.8 Å². The summed E-state index contributed by atoms with van der Waals surface area (Å²) < 4.78 is 31.8. The topological polar surface area (TPSA) is 80.8 Å². The molecule has 0 spiro atoms. The summed E-state index contributed by atoms with van der Waals surface area (Å²) in [6.07, 6.45) is 2.28. The van der Waals surface area contributed by atoms with Crippen molar-refractivity contribution < 1.29 is 22.3 Å². The highest BCUT2D eigenvalue weighted by Crippen LogP contribution is 2.67. The third-order valence-electron chi connectivity index (χ3n) is 7.98.